The predicted molar refractivity (Wildman–Crippen MR) is 142 cm³/mol. The number of amides is 1. The molecule has 198 valence electrons. The number of rotatable bonds is 10. The van der Waals surface area contributed by atoms with Gasteiger partial charge in [-0.15, -0.1) is 0 Å². The zero-order valence-corrected chi connectivity index (χ0v) is 22.7. The molecule has 0 bridgehead atoms. The highest BCUT2D eigenvalue weighted by atomic mass is 32.2. The van der Waals surface area contributed by atoms with Crippen LogP contribution in [0.5, 0.6) is 5.75 Å². The summed E-state index contributed by atoms with van der Waals surface area (Å²) in [6, 6.07) is 12.4. The number of ether oxygens (including phenoxy) is 1. The lowest BCUT2D eigenvalue weighted by Gasteiger charge is -2.28. The minimum Gasteiger partial charge on any atom is -0.494 e. The van der Waals surface area contributed by atoms with E-state index in [2.05, 4.69) is 20.0 Å². The Balaban J connectivity index is 1.75. The van der Waals surface area contributed by atoms with Crippen LogP contribution in [0.4, 0.5) is 17.3 Å². The fourth-order valence-corrected chi connectivity index (χ4v) is 5.70. The summed E-state index contributed by atoms with van der Waals surface area (Å²) in [6.45, 7) is 7.21. The standard InChI is InChI=1S/C24H29N5O6S2/c1-6-35-21-11-9-20(10-12-21)29(36(5,31)32)18(4)23(30)27-19-7-13-22(14-8-19)37(33,34)28-24-25-16(2)15-17(3)26-24/h7-15,18H,6H2,1-5H3,(H,27,30)(H,25,26,28)/t18-/m0/s1. The molecule has 1 aromatic heterocycles. The van der Waals surface area contributed by atoms with E-state index in [-0.39, 0.29) is 10.8 Å². The van der Waals surface area contributed by atoms with Gasteiger partial charge >= 0.3 is 0 Å². The maximum Gasteiger partial charge on any atom is 0.264 e. The van der Waals surface area contributed by atoms with E-state index in [0.717, 1.165) is 10.6 Å². The van der Waals surface area contributed by atoms with Crippen LogP contribution in [0.1, 0.15) is 25.2 Å². The van der Waals surface area contributed by atoms with E-state index in [4.69, 9.17) is 4.74 Å². The molecule has 1 amide bonds. The Labute approximate surface area is 217 Å². The van der Waals surface area contributed by atoms with Crippen LogP contribution in [0.15, 0.2) is 59.5 Å². The number of aromatic nitrogens is 2. The molecule has 13 heteroatoms. The molecule has 0 saturated carbocycles. The Kier molecular flexibility index (Phi) is 8.39. The van der Waals surface area contributed by atoms with Crippen molar-refractivity contribution in [3.05, 3.63) is 66.0 Å². The molecule has 0 saturated heterocycles. The third-order valence-electron chi connectivity index (χ3n) is 5.13. The van der Waals surface area contributed by atoms with Crippen LogP contribution in [0.3, 0.4) is 0 Å². The predicted octanol–water partition coefficient (Wildman–Crippen LogP) is 3.09. The lowest BCUT2D eigenvalue weighted by Crippen LogP contribution is -2.45. The van der Waals surface area contributed by atoms with Crippen molar-refractivity contribution >= 4 is 43.3 Å². The number of hydrogen-bond acceptors (Lipinski definition) is 8. The van der Waals surface area contributed by atoms with Crippen molar-refractivity contribution in [3.8, 4) is 5.75 Å². The fourth-order valence-electron chi connectivity index (χ4n) is 3.58. The summed E-state index contributed by atoms with van der Waals surface area (Å²) >= 11 is 0. The Hall–Kier alpha value is -3.71. The maximum atomic E-state index is 12.9. The number of hydrogen-bond donors (Lipinski definition) is 2. The SMILES string of the molecule is CCOc1ccc(N([C@@H](C)C(=O)Nc2ccc(S(=O)(=O)Nc3nc(C)cc(C)n3)cc2)S(C)(=O)=O)cc1. The third kappa shape index (κ3) is 7.17. The van der Waals surface area contributed by atoms with E-state index in [1.807, 2.05) is 6.92 Å². The van der Waals surface area contributed by atoms with Crippen LogP contribution in [0.2, 0.25) is 0 Å². The molecule has 0 aliphatic carbocycles. The van der Waals surface area contributed by atoms with Crippen molar-refractivity contribution in [2.24, 2.45) is 0 Å². The van der Waals surface area contributed by atoms with Gasteiger partial charge in [-0.3, -0.25) is 9.10 Å². The van der Waals surface area contributed by atoms with E-state index in [9.17, 15) is 21.6 Å². The van der Waals surface area contributed by atoms with Crippen LogP contribution in [0, 0.1) is 13.8 Å². The van der Waals surface area contributed by atoms with Crippen LogP contribution in [0.25, 0.3) is 0 Å². The molecule has 1 atom stereocenters. The van der Waals surface area contributed by atoms with E-state index in [1.54, 1.807) is 44.2 Å². The van der Waals surface area contributed by atoms with Crippen molar-refractivity contribution in [2.45, 2.75) is 38.6 Å². The topological polar surface area (TPSA) is 148 Å². The second-order valence-electron chi connectivity index (χ2n) is 8.26. The van der Waals surface area contributed by atoms with Crippen molar-refractivity contribution in [1.82, 2.24) is 9.97 Å². The summed E-state index contributed by atoms with van der Waals surface area (Å²) in [4.78, 5) is 21.0. The van der Waals surface area contributed by atoms with E-state index >= 15 is 0 Å². The molecule has 37 heavy (non-hydrogen) atoms. The summed E-state index contributed by atoms with van der Waals surface area (Å²) in [5.41, 5.74) is 1.82. The highest BCUT2D eigenvalue weighted by molar-refractivity contribution is 7.92. The first-order chi connectivity index (χ1) is 17.3. The number of anilines is 3. The smallest absolute Gasteiger partial charge is 0.264 e. The van der Waals surface area contributed by atoms with Crippen molar-refractivity contribution in [3.63, 3.8) is 0 Å². The number of aryl methyl sites for hydroxylation is 2. The molecule has 0 aliphatic heterocycles. The van der Waals surface area contributed by atoms with Crippen LogP contribution < -0.4 is 19.1 Å². The maximum absolute atomic E-state index is 12.9. The quantitative estimate of drug-likeness (QED) is 0.393. The number of nitrogens with one attached hydrogen (secondary N) is 2. The lowest BCUT2D eigenvalue weighted by molar-refractivity contribution is -0.116. The molecule has 0 spiro atoms. The Morgan fingerprint density at radius 2 is 1.54 bits per heavy atom. The van der Waals surface area contributed by atoms with Gasteiger partial charge in [-0.2, -0.15) is 0 Å². The van der Waals surface area contributed by atoms with Crippen LogP contribution in [-0.2, 0) is 24.8 Å². The second-order valence-corrected chi connectivity index (χ2v) is 11.8. The Morgan fingerprint density at radius 1 is 0.973 bits per heavy atom. The number of nitrogens with zero attached hydrogens (tertiary/aromatic N) is 3. The van der Waals surface area contributed by atoms with Crippen molar-refractivity contribution in [1.29, 1.82) is 0 Å². The molecular weight excluding hydrogens is 518 g/mol. The highest BCUT2D eigenvalue weighted by Gasteiger charge is 2.29. The second kappa shape index (κ2) is 11.1. The lowest BCUT2D eigenvalue weighted by atomic mass is 10.2. The highest BCUT2D eigenvalue weighted by Crippen LogP contribution is 2.25. The van der Waals surface area contributed by atoms with Gasteiger partial charge in [0.05, 0.1) is 23.4 Å². The van der Waals surface area contributed by atoms with Crippen molar-refractivity contribution in [2.75, 3.05) is 27.2 Å². The molecule has 0 aliphatic rings. The molecule has 0 unspecified atom stereocenters. The van der Waals surface area contributed by atoms with Gasteiger partial charge in [-0.1, -0.05) is 0 Å². The average Bonchev–Trinajstić information content (AvgIpc) is 2.79. The van der Waals surface area contributed by atoms with E-state index in [1.165, 1.54) is 31.2 Å². The zero-order valence-electron chi connectivity index (χ0n) is 21.1. The Morgan fingerprint density at radius 3 is 2.05 bits per heavy atom. The van der Waals surface area contributed by atoms with Gasteiger partial charge < -0.3 is 10.1 Å². The van der Waals surface area contributed by atoms with Gasteiger partial charge in [0.25, 0.3) is 10.0 Å². The molecule has 1 heterocycles. The summed E-state index contributed by atoms with van der Waals surface area (Å²) in [6.07, 6.45) is 1.01. The molecule has 3 aromatic rings. The van der Waals surface area contributed by atoms with Gasteiger partial charge in [0.2, 0.25) is 21.9 Å². The van der Waals surface area contributed by atoms with Gasteiger partial charge in [-0.05, 0) is 82.3 Å². The number of carbonyl (C=O) groups is 1. The van der Waals surface area contributed by atoms with Gasteiger partial charge in [0, 0.05) is 17.1 Å². The minimum atomic E-state index is -3.97. The number of sulfonamides is 2. The largest absolute Gasteiger partial charge is 0.494 e. The minimum absolute atomic E-state index is 0.0427. The summed E-state index contributed by atoms with van der Waals surface area (Å²) < 4.78 is 59.2. The van der Waals surface area contributed by atoms with Gasteiger partial charge in [0.1, 0.15) is 11.8 Å². The fraction of sp³-hybridized carbons (Fsp3) is 0.292. The molecule has 0 fully saturated rings. The molecule has 0 radical (unpaired) electrons. The average molecular weight is 548 g/mol. The van der Waals surface area contributed by atoms with Gasteiger partial charge in [0.15, 0.2) is 0 Å². The molecule has 11 nitrogen and oxygen atoms in total. The molecule has 2 N–H and O–H groups in total. The monoisotopic (exact) mass is 547 g/mol. The number of benzene rings is 2. The first kappa shape index (κ1) is 27.9. The zero-order chi connectivity index (χ0) is 27.4. The van der Waals surface area contributed by atoms with Crippen LogP contribution in [-0.4, -0.2) is 51.6 Å². The van der Waals surface area contributed by atoms with Crippen LogP contribution >= 0.6 is 0 Å². The molecule has 3 rings (SSSR count). The Bertz CT molecular complexity index is 1450. The number of carbonyl (C=O) groups excluding carboxylic acids is 1. The third-order valence-corrected chi connectivity index (χ3v) is 7.72. The summed E-state index contributed by atoms with van der Waals surface area (Å²) in [5.74, 6) is -0.0685. The molecular formula is C24H29N5O6S2. The van der Waals surface area contributed by atoms with Gasteiger partial charge in [-0.25, -0.2) is 31.5 Å². The first-order valence-corrected chi connectivity index (χ1v) is 14.6. The first-order valence-electron chi connectivity index (χ1n) is 11.3. The summed E-state index contributed by atoms with van der Waals surface area (Å²) in [5, 5.41) is 2.63. The molecule has 2 aromatic carbocycles. The normalized spacial score (nSPS) is 12.5. The van der Waals surface area contributed by atoms with Crippen molar-refractivity contribution < 1.29 is 26.4 Å². The van der Waals surface area contributed by atoms with E-state index < -0.39 is 32.0 Å². The van der Waals surface area contributed by atoms with E-state index in [0.29, 0.717) is 35.1 Å². The summed E-state index contributed by atoms with van der Waals surface area (Å²) in [7, 11) is -7.78.